The first-order valence-electron chi connectivity index (χ1n) is 7.24. The highest BCUT2D eigenvalue weighted by Gasteiger charge is 2.21. The van der Waals surface area contributed by atoms with Crippen LogP contribution in [-0.4, -0.2) is 55.4 Å². The molecule has 1 saturated heterocycles. The van der Waals surface area contributed by atoms with E-state index in [1.165, 1.54) is 12.8 Å². The maximum Gasteiger partial charge on any atom is 0.165 e. The molecule has 0 aromatic heterocycles. The Kier molecular flexibility index (Phi) is 5.58. The maximum atomic E-state index is 12.2. The SMILES string of the molecule is CN1CCC(N(C)CCC(=O)c2ccccc2Cl)CC1. The first-order valence-corrected chi connectivity index (χ1v) is 7.62. The lowest BCUT2D eigenvalue weighted by Crippen LogP contribution is -2.42. The molecule has 0 N–H and O–H groups in total. The van der Waals surface area contributed by atoms with Crippen molar-refractivity contribution in [3.63, 3.8) is 0 Å². The van der Waals surface area contributed by atoms with Crippen molar-refractivity contribution in [1.29, 1.82) is 0 Å². The van der Waals surface area contributed by atoms with E-state index in [1.54, 1.807) is 12.1 Å². The van der Waals surface area contributed by atoms with Crippen LogP contribution >= 0.6 is 11.6 Å². The molecule has 4 heteroatoms. The summed E-state index contributed by atoms with van der Waals surface area (Å²) in [5, 5.41) is 0.555. The average Bonchev–Trinajstić information content (AvgIpc) is 2.45. The van der Waals surface area contributed by atoms with E-state index in [-0.39, 0.29) is 5.78 Å². The Hall–Kier alpha value is -0.900. The number of hydrogen-bond acceptors (Lipinski definition) is 3. The third-order valence-corrected chi connectivity index (χ3v) is 4.51. The van der Waals surface area contributed by atoms with Crippen LogP contribution in [0.2, 0.25) is 5.02 Å². The van der Waals surface area contributed by atoms with Crippen molar-refractivity contribution >= 4 is 17.4 Å². The van der Waals surface area contributed by atoms with Gasteiger partial charge in [-0.15, -0.1) is 0 Å². The predicted octanol–water partition coefficient (Wildman–Crippen LogP) is 2.94. The molecule has 20 heavy (non-hydrogen) atoms. The van der Waals surface area contributed by atoms with E-state index in [2.05, 4.69) is 23.9 Å². The summed E-state index contributed by atoms with van der Waals surface area (Å²) in [6.07, 6.45) is 2.91. The molecule has 1 aliphatic rings. The summed E-state index contributed by atoms with van der Waals surface area (Å²) in [5.74, 6) is 0.135. The van der Waals surface area contributed by atoms with E-state index in [0.29, 0.717) is 23.0 Å². The van der Waals surface area contributed by atoms with E-state index in [0.717, 1.165) is 19.6 Å². The number of carbonyl (C=O) groups excluding carboxylic acids is 1. The van der Waals surface area contributed by atoms with Crippen LogP contribution < -0.4 is 0 Å². The molecule has 1 aromatic rings. The van der Waals surface area contributed by atoms with Crippen LogP contribution in [0.4, 0.5) is 0 Å². The van der Waals surface area contributed by atoms with Crippen LogP contribution in [0.5, 0.6) is 0 Å². The fraction of sp³-hybridized carbons (Fsp3) is 0.562. The number of halogens is 1. The summed E-state index contributed by atoms with van der Waals surface area (Å²) < 4.78 is 0. The van der Waals surface area contributed by atoms with Gasteiger partial charge in [0.1, 0.15) is 0 Å². The van der Waals surface area contributed by atoms with E-state index in [4.69, 9.17) is 11.6 Å². The standard InChI is InChI=1S/C16H23ClN2O/c1-18-10-7-13(8-11-18)19(2)12-9-16(20)14-5-3-4-6-15(14)17/h3-6,13H,7-12H2,1-2H3. The van der Waals surface area contributed by atoms with Gasteiger partial charge in [0, 0.05) is 24.6 Å². The molecule has 2 rings (SSSR count). The predicted molar refractivity (Wildman–Crippen MR) is 83.5 cm³/mol. The van der Waals surface area contributed by atoms with Gasteiger partial charge in [0.05, 0.1) is 5.02 Å². The van der Waals surface area contributed by atoms with Gasteiger partial charge in [0.15, 0.2) is 5.78 Å². The Balaban J connectivity index is 1.83. The summed E-state index contributed by atoms with van der Waals surface area (Å²) in [7, 11) is 4.28. The van der Waals surface area contributed by atoms with Crippen molar-refractivity contribution in [1.82, 2.24) is 9.80 Å². The first kappa shape index (κ1) is 15.5. The van der Waals surface area contributed by atoms with E-state index < -0.39 is 0 Å². The second-order valence-corrected chi connectivity index (χ2v) is 6.08. The number of hydrogen-bond donors (Lipinski definition) is 0. The Morgan fingerprint density at radius 2 is 2.00 bits per heavy atom. The average molecular weight is 295 g/mol. The van der Waals surface area contributed by atoms with Crippen molar-refractivity contribution in [2.45, 2.75) is 25.3 Å². The van der Waals surface area contributed by atoms with Crippen LogP contribution in [0.25, 0.3) is 0 Å². The van der Waals surface area contributed by atoms with Gasteiger partial charge < -0.3 is 9.80 Å². The highest BCUT2D eigenvalue weighted by molar-refractivity contribution is 6.33. The molecule has 0 spiro atoms. The van der Waals surface area contributed by atoms with Gasteiger partial charge in [0.25, 0.3) is 0 Å². The molecule has 1 aromatic carbocycles. The van der Waals surface area contributed by atoms with Crippen LogP contribution in [-0.2, 0) is 0 Å². The van der Waals surface area contributed by atoms with Gasteiger partial charge in [0.2, 0.25) is 0 Å². The highest BCUT2D eigenvalue weighted by Crippen LogP contribution is 2.18. The molecule has 0 aliphatic carbocycles. The summed E-state index contributed by atoms with van der Waals surface area (Å²) in [4.78, 5) is 16.9. The van der Waals surface area contributed by atoms with E-state index >= 15 is 0 Å². The molecule has 1 fully saturated rings. The molecule has 0 saturated carbocycles. The maximum absolute atomic E-state index is 12.2. The third kappa shape index (κ3) is 4.05. The molecule has 1 aliphatic heterocycles. The first-order chi connectivity index (χ1) is 9.58. The lowest BCUT2D eigenvalue weighted by molar-refractivity contribution is 0.0939. The lowest BCUT2D eigenvalue weighted by Gasteiger charge is -2.35. The fourth-order valence-electron chi connectivity index (χ4n) is 2.72. The zero-order chi connectivity index (χ0) is 14.5. The number of piperidine rings is 1. The molecule has 0 bridgehead atoms. The fourth-order valence-corrected chi connectivity index (χ4v) is 2.96. The quantitative estimate of drug-likeness (QED) is 0.780. The zero-order valence-corrected chi connectivity index (χ0v) is 13.1. The van der Waals surface area contributed by atoms with Gasteiger partial charge in [-0.2, -0.15) is 0 Å². The summed E-state index contributed by atoms with van der Waals surface area (Å²) in [6, 6.07) is 7.89. The smallest absolute Gasteiger partial charge is 0.165 e. The lowest BCUT2D eigenvalue weighted by atomic mass is 10.0. The van der Waals surface area contributed by atoms with Crippen LogP contribution in [0.15, 0.2) is 24.3 Å². The molecular weight excluding hydrogens is 272 g/mol. The van der Waals surface area contributed by atoms with Gasteiger partial charge in [-0.3, -0.25) is 4.79 Å². The molecule has 0 amide bonds. The molecule has 0 radical (unpaired) electrons. The van der Waals surface area contributed by atoms with Crippen molar-refractivity contribution < 1.29 is 4.79 Å². The molecule has 0 atom stereocenters. The second kappa shape index (κ2) is 7.21. The Morgan fingerprint density at radius 3 is 2.65 bits per heavy atom. The van der Waals surface area contributed by atoms with Gasteiger partial charge in [-0.05, 0) is 52.2 Å². The topological polar surface area (TPSA) is 23.6 Å². The zero-order valence-electron chi connectivity index (χ0n) is 12.3. The van der Waals surface area contributed by atoms with Crippen LogP contribution in [0.1, 0.15) is 29.6 Å². The van der Waals surface area contributed by atoms with Crippen molar-refractivity contribution in [2.24, 2.45) is 0 Å². The molecule has 3 nitrogen and oxygen atoms in total. The molecule has 1 heterocycles. The van der Waals surface area contributed by atoms with Crippen molar-refractivity contribution in [3.05, 3.63) is 34.9 Å². The summed E-state index contributed by atoms with van der Waals surface area (Å²) in [6.45, 7) is 3.10. The molecule has 0 unspecified atom stereocenters. The third-order valence-electron chi connectivity index (χ3n) is 4.18. The normalized spacial score (nSPS) is 17.6. The number of carbonyl (C=O) groups is 1. The van der Waals surface area contributed by atoms with Crippen molar-refractivity contribution in [3.8, 4) is 0 Å². The monoisotopic (exact) mass is 294 g/mol. The number of benzene rings is 1. The van der Waals surface area contributed by atoms with Gasteiger partial charge in [-0.1, -0.05) is 23.7 Å². The van der Waals surface area contributed by atoms with Crippen LogP contribution in [0.3, 0.4) is 0 Å². The summed E-state index contributed by atoms with van der Waals surface area (Å²) >= 11 is 6.06. The van der Waals surface area contributed by atoms with E-state index in [9.17, 15) is 4.79 Å². The number of nitrogens with zero attached hydrogens (tertiary/aromatic N) is 2. The molecular formula is C16H23ClN2O. The minimum Gasteiger partial charge on any atom is -0.306 e. The van der Waals surface area contributed by atoms with E-state index in [1.807, 2.05) is 12.1 Å². The summed E-state index contributed by atoms with van der Waals surface area (Å²) in [5.41, 5.74) is 0.644. The van der Waals surface area contributed by atoms with Crippen molar-refractivity contribution in [2.75, 3.05) is 33.7 Å². The minimum absolute atomic E-state index is 0.135. The second-order valence-electron chi connectivity index (χ2n) is 5.67. The van der Waals surface area contributed by atoms with Gasteiger partial charge >= 0.3 is 0 Å². The Labute approximate surface area is 126 Å². The number of Topliss-reactive ketones (excluding diaryl/α,β-unsaturated/α-hetero) is 1. The molecule has 110 valence electrons. The highest BCUT2D eigenvalue weighted by atomic mass is 35.5. The number of rotatable bonds is 5. The Bertz CT molecular complexity index is 456. The number of ketones is 1. The largest absolute Gasteiger partial charge is 0.306 e. The van der Waals surface area contributed by atoms with Crippen LogP contribution in [0, 0.1) is 0 Å². The van der Waals surface area contributed by atoms with Gasteiger partial charge in [-0.25, -0.2) is 0 Å². The number of likely N-dealkylation sites (tertiary alicyclic amines) is 1. The Morgan fingerprint density at radius 1 is 1.35 bits per heavy atom. The minimum atomic E-state index is 0.135.